The summed E-state index contributed by atoms with van der Waals surface area (Å²) in [5.74, 6) is -0.583. The Morgan fingerprint density at radius 3 is 1.61 bits per heavy atom. The van der Waals surface area contributed by atoms with Crippen molar-refractivity contribution in [3.05, 3.63) is 54.1 Å². The highest BCUT2D eigenvalue weighted by Gasteiger charge is 2.07. The maximum atomic E-state index is 12.1. The molecule has 0 heterocycles. The Kier molecular flexibility index (Phi) is 11.4. The molecule has 0 bridgehead atoms. The number of benzene rings is 2. The molecule has 4 heteroatoms. The minimum atomic E-state index is -0.938. The first-order valence-corrected chi connectivity index (χ1v) is 11.7. The van der Waals surface area contributed by atoms with Gasteiger partial charge in [0, 0.05) is 6.42 Å². The van der Waals surface area contributed by atoms with Crippen molar-refractivity contribution in [1.29, 1.82) is 0 Å². The molecule has 0 atom stereocenters. The third-order valence-electron chi connectivity index (χ3n) is 5.54. The zero-order valence-electron chi connectivity index (χ0n) is 18.8. The highest BCUT2D eigenvalue weighted by molar-refractivity contribution is 5.88. The Morgan fingerprint density at radius 2 is 1.13 bits per heavy atom. The van der Waals surface area contributed by atoms with Gasteiger partial charge in [-0.3, -0.25) is 4.79 Å². The molecule has 0 spiro atoms. The maximum absolute atomic E-state index is 12.1. The lowest BCUT2D eigenvalue weighted by Crippen LogP contribution is -2.07. The zero-order valence-corrected chi connectivity index (χ0v) is 18.8. The van der Waals surface area contributed by atoms with Crippen LogP contribution in [-0.4, -0.2) is 17.0 Å². The molecule has 0 aliphatic heterocycles. The number of hydrogen-bond acceptors (Lipinski definition) is 3. The first-order chi connectivity index (χ1) is 15.1. The molecule has 168 valence electrons. The lowest BCUT2D eigenvalue weighted by Gasteiger charge is -2.07. The van der Waals surface area contributed by atoms with Crippen molar-refractivity contribution in [2.45, 2.75) is 84.0 Å². The lowest BCUT2D eigenvalue weighted by atomic mass is 10.0. The Balaban J connectivity index is 1.59. The van der Waals surface area contributed by atoms with E-state index in [1.165, 1.54) is 57.8 Å². The number of carbonyl (C=O) groups is 2. The molecule has 1 N–H and O–H groups in total. The van der Waals surface area contributed by atoms with Crippen molar-refractivity contribution >= 4 is 11.9 Å². The lowest BCUT2D eigenvalue weighted by molar-refractivity contribution is -0.134. The van der Waals surface area contributed by atoms with Gasteiger partial charge in [0.25, 0.3) is 0 Å². The van der Waals surface area contributed by atoms with Gasteiger partial charge in [0.1, 0.15) is 5.75 Å². The van der Waals surface area contributed by atoms with Crippen LogP contribution in [0.15, 0.2) is 48.5 Å². The van der Waals surface area contributed by atoms with E-state index in [4.69, 9.17) is 9.84 Å². The summed E-state index contributed by atoms with van der Waals surface area (Å²) in [6, 6.07) is 14.0. The van der Waals surface area contributed by atoms with Gasteiger partial charge in [0.05, 0.1) is 5.56 Å². The van der Waals surface area contributed by atoms with Gasteiger partial charge >= 0.3 is 11.9 Å². The number of esters is 1. The number of aromatic carboxylic acids is 1. The fourth-order valence-corrected chi connectivity index (χ4v) is 3.64. The molecule has 0 aliphatic carbocycles. The Bertz CT molecular complexity index is 778. The first-order valence-electron chi connectivity index (χ1n) is 11.7. The summed E-state index contributed by atoms with van der Waals surface area (Å²) in [6.07, 6.45) is 14.3. The van der Waals surface area contributed by atoms with Crippen LogP contribution in [0, 0.1) is 0 Å². The fourth-order valence-electron chi connectivity index (χ4n) is 3.64. The Labute approximate surface area is 186 Å². The molecule has 0 radical (unpaired) electrons. The number of rotatable bonds is 15. The zero-order chi connectivity index (χ0) is 22.3. The number of ether oxygens (including phenoxy) is 1. The van der Waals surface area contributed by atoms with E-state index in [0.717, 1.165) is 24.0 Å². The molecule has 0 aliphatic rings. The molecule has 2 rings (SSSR count). The van der Waals surface area contributed by atoms with Crippen LogP contribution in [0.2, 0.25) is 0 Å². The highest BCUT2D eigenvalue weighted by Crippen LogP contribution is 2.23. The number of unbranched alkanes of at least 4 members (excludes halogenated alkanes) is 10. The SMILES string of the molecule is CCCCCCCCCCCCCC(=O)Oc1ccc(-c2ccc(C(=O)O)cc2)cc1. The molecule has 0 unspecified atom stereocenters. The molecule has 0 saturated heterocycles. The molecule has 0 saturated carbocycles. The molecular formula is C27H36O4. The molecule has 31 heavy (non-hydrogen) atoms. The van der Waals surface area contributed by atoms with E-state index in [0.29, 0.717) is 12.2 Å². The second-order valence-corrected chi connectivity index (χ2v) is 8.17. The van der Waals surface area contributed by atoms with Crippen LogP contribution >= 0.6 is 0 Å². The average Bonchev–Trinajstić information content (AvgIpc) is 2.78. The van der Waals surface area contributed by atoms with Gasteiger partial charge in [-0.05, 0) is 41.8 Å². The van der Waals surface area contributed by atoms with Crippen molar-refractivity contribution in [2.75, 3.05) is 0 Å². The molecular weight excluding hydrogens is 388 g/mol. The molecule has 2 aromatic carbocycles. The van der Waals surface area contributed by atoms with Crippen LogP contribution in [0.4, 0.5) is 0 Å². The van der Waals surface area contributed by atoms with Gasteiger partial charge in [-0.25, -0.2) is 4.79 Å². The molecule has 4 nitrogen and oxygen atoms in total. The first kappa shape index (κ1) is 24.6. The fraction of sp³-hybridized carbons (Fsp3) is 0.481. The van der Waals surface area contributed by atoms with Crippen LogP contribution in [0.1, 0.15) is 94.3 Å². The van der Waals surface area contributed by atoms with Crippen molar-refractivity contribution in [3.63, 3.8) is 0 Å². The quantitative estimate of drug-likeness (QED) is 0.181. The predicted molar refractivity (Wildman–Crippen MR) is 126 cm³/mol. The normalized spacial score (nSPS) is 10.7. The Hall–Kier alpha value is -2.62. The standard InChI is InChI=1S/C27H36O4/c1-2-3-4-5-6-7-8-9-10-11-12-13-26(28)31-25-20-18-23(19-21-25)22-14-16-24(17-15-22)27(29)30/h14-21H,2-13H2,1H3,(H,29,30). The van der Waals surface area contributed by atoms with Crippen LogP contribution in [0.5, 0.6) is 5.75 Å². The number of carboxylic acids is 1. The van der Waals surface area contributed by atoms with Gasteiger partial charge in [-0.1, -0.05) is 95.4 Å². The molecule has 0 aromatic heterocycles. The largest absolute Gasteiger partial charge is 0.478 e. The number of carboxylic acid groups (broad SMARTS) is 1. The van der Waals surface area contributed by atoms with Crippen LogP contribution in [0.3, 0.4) is 0 Å². The summed E-state index contributed by atoms with van der Waals surface area (Å²) < 4.78 is 5.43. The average molecular weight is 425 g/mol. The third kappa shape index (κ3) is 9.82. The van der Waals surface area contributed by atoms with Crippen LogP contribution in [-0.2, 0) is 4.79 Å². The van der Waals surface area contributed by atoms with E-state index in [1.54, 1.807) is 36.4 Å². The summed E-state index contributed by atoms with van der Waals surface area (Å²) in [7, 11) is 0. The second kappa shape index (κ2) is 14.4. The van der Waals surface area contributed by atoms with E-state index >= 15 is 0 Å². The summed E-state index contributed by atoms with van der Waals surface area (Å²) in [6.45, 7) is 2.25. The van der Waals surface area contributed by atoms with Crippen molar-refractivity contribution in [1.82, 2.24) is 0 Å². The van der Waals surface area contributed by atoms with Gasteiger partial charge in [0.15, 0.2) is 0 Å². The Morgan fingerprint density at radius 1 is 0.677 bits per heavy atom. The third-order valence-corrected chi connectivity index (χ3v) is 5.54. The van der Waals surface area contributed by atoms with Crippen molar-refractivity contribution in [2.24, 2.45) is 0 Å². The summed E-state index contributed by atoms with van der Waals surface area (Å²) in [5, 5.41) is 8.98. The smallest absolute Gasteiger partial charge is 0.335 e. The van der Waals surface area contributed by atoms with Gasteiger partial charge in [-0.2, -0.15) is 0 Å². The van der Waals surface area contributed by atoms with E-state index in [1.807, 2.05) is 12.1 Å². The molecule has 0 amide bonds. The summed E-state index contributed by atoms with van der Waals surface area (Å²) in [5.41, 5.74) is 2.13. The van der Waals surface area contributed by atoms with Crippen LogP contribution in [0.25, 0.3) is 11.1 Å². The minimum absolute atomic E-state index is 0.186. The summed E-state index contributed by atoms with van der Waals surface area (Å²) >= 11 is 0. The van der Waals surface area contributed by atoms with Crippen molar-refractivity contribution < 1.29 is 19.4 Å². The van der Waals surface area contributed by atoms with Gasteiger partial charge < -0.3 is 9.84 Å². The van der Waals surface area contributed by atoms with E-state index in [2.05, 4.69) is 6.92 Å². The van der Waals surface area contributed by atoms with E-state index < -0.39 is 5.97 Å². The number of hydrogen-bond donors (Lipinski definition) is 1. The maximum Gasteiger partial charge on any atom is 0.335 e. The van der Waals surface area contributed by atoms with Gasteiger partial charge in [-0.15, -0.1) is 0 Å². The second-order valence-electron chi connectivity index (χ2n) is 8.17. The minimum Gasteiger partial charge on any atom is -0.478 e. The topological polar surface area (TPSA) is 63.6 Å². The van der Waals surface area contributed by atoms with Crippen molar-refractivity contribution in [3.8, 4) is 16.9 Å². The number of carbonyl (C=O) groups excluding carboxylic acids is 1. The van der Waals surface area contributed by atoms with Crippen LogP contribution < -0.4 is 4.74 Å². The molecule has 2 aromatic rings. The van der Waals surface area contributed by atoms with E-state index in [-0.39, 0.29) is 11.5 Å². The molecule has 0 fully saturated rings. The summed E-state index contributed by atoms with van der Waals surface area (Å²) in [4.78, 5) is 23.0. The monoisotopic (exact) mass is 424 g/mol. The van der Waals surface area contributed by atoms with Gasteiger partial charge in [0.2, 0.25) is 0 Å². The highest BCUT2D eigenvalue weighted by atomic mass is 16.5. The van der Waals surface area contributed by atoms with E-state index in [9.17, 15) is 9.59 Å². The predicted octanol–water partition coefficient (Wildman–Crippen LogP) is 7.66.